The average Bonchev–Trinajstić information content (AvgIpc) is 2.28. The third-order valence-electron chi connectivity index (χ3n) is 2.91. The van der Waals surface area contributed by atoms with Gasteiger partial charge in [0.1, 0.15) is 0 Å². The highest BCUT2D eigenvalue weighted by Gasteiger charge is 2.05. The van der Waals surface area contributed by atoms with Gasteiger partial charge >= 0.3 is 0 Å². The molecule has 0 aliphatic heterocycles. The molecule has 0 bridgehead atoms. The standard InChI is InChI=1S/C15H18O/c1-11(2)14-6-4-5-13-8-7-12(10-16-3)9-15(13)14/h4-9,11H,10H2,1-3H3. The summed E-state index contributed by atoms with van der Waals surface area (Å²) in [5, 5.41) is 2.66. The fourth-order valence-electron chi connectivity index (χ4n) is 2.10. The molecule has 0 spiro atoms. The Balaban J connectivity index is 2.59. The molecule has 0 heterocycles. The van der Waals surface area contributed by atoms with Crippen molar-refractivity contribution in [2.45, 2.75) is 26.4 Å². The quantitative estimate of drug-likeness (QED) is 0.747. The highest BCUT2D eigenvalue weighted by molar-refractivity contribution is 5.86. The van der Waals surface area contributed by atoms with Crippen LogP contribution in [0.4, 0.5) is 0 Å². The maximum atomic E-state index is 5.18. The smallest absolute Gasteiger partial charge is 0.0713 e. The highest BCUT2D eigenvalue weighted by Crippen LogP contribution is 2.26. The van der Waals surface area contributed by atoms with Gasteiger partial charge in [0, 0.05) is 7.11 Å². The third-order valence-corrected chi connectivity index (χ3v) is 2.91. The van der Waals surface area contributed by atoms with E-state index >= 15 is 0 Å². The number of rotatable bonds is 3. The van der Waals surface area contributed by atoms with Crippen LogP contribution in [0.3, 0.4) is 0 Å². The van der Waals surface area contributed by atoms with Gasteiger partial charge in [-0.25, -0.2) is 0 Å². The summed E-state index contributed by atoms with van der Waals surface area (Å²) >= 11 is 0. The number of hydrogen-bond acceptors (Lipinski definition) is 1. The van der Waals surface area contributed by atoms with Crippen molar-refractivity contribution in [3.8, 4) is 0 Å². The van der Waals surface area contributed by atoms with E-state index in [2.05, 4.69) is 50.2 Å². The minimum absolute atomic E-state index is 0.557. The van der Waals surface area contributed by atoms with Crippen LogP contribution in [0.25, 0.3) is 10.8 Å². The van der Waals surface area contributed by atoms with Crippen LogP contribution in [0, 0.1) is 0 Å². The number of methoxy groups -OCH3 is 1. The maximum absolute atomic E-state index is 5.18. The molecule has 0 saturated heterocycles. The van der Waals surface area contributed by atoms with Crippen LogP contribution in [-0.2, 0) is 11.3 Å². The highest BCUT2D eigenvalue weighted by atomic mass is 16.5. The maximum Gasteiger partial charge on any atom is 0.0713 e. The van der Waals surface area contributed by atoms with Crippen LogP contribution in [0.2, 0.25) is 0 Å². The first-order valence-electron chi connectivity index (χ1n) is 5.73. The first-order chi connectivity index (χ1) is 7.72. The van der Waals surface area contributed by atoms with Crippen LogP contribution >= 0.6 is 0 Å². The second kappa shape index (κ2) is 4.67. The SMILES string of the molecule is COCc1ccc2cccc(C(C)C)c2c1. The number of fused-ring (bicyclic) bond motifs is 1. The summed E-state index contributed by atoms with van der Waals surface area (Å²) in [4.78, 5) is 0. The van der Waals surface area contributed by atoms with Gasteiger partial charge in [-0.2, -0.15) is 0 Å². The molecule has 16 heavy (non-hydrogen) atoms. The van der Waals surface area contributed by atoms with Crippen molar-refractivity contribution in [1.29, 1.82) is 0 Å². The lowest BCUT2D eigenvalue weighted by atomic mass is 9.95. The molecule has 0 N–H and O–H groups in total. The minimum Gasteiger partial charge on any atom is -0.380 e. The van der Waals surface area contributed by atoms with Gasteiger partial charge < -0.3 is 4.74 Å². The Kier molecular flexibility index (Phi) is 3.25. The summed E-state index contributed by atoms with van der Waals surface area (Å²) in [7, 11) is 1.73. The van der Waals surface area contributed by atoms with E-state index in [1.54, 1.807) is 7.11 Å². The zero-order valence-electron chi connectivity index (χ0n) is 10.2. The topological polar surface area (TPSA) is 9.23 Å². The lowest BCUT2D eigenvalue weighted by molar-refractivity contribution is 0.185. The molecule has 1 nitrogen and oxygen atoms in total. The van der Waals surface area contributed by atoms with E-state index in [0.717, 1.165) is 0 Å². The fourth-order valence-corrected chi connectivity index (χ4v) is 2.10. The average molecular weight is 214 g/mol. The Morgan fingerprint density at radius 2 is 1.94 bits per heavy atom. The molecule has 0 radical (unpaired) electrons. The van der Waals surface area contributed by atoms with E-state index < -0.39 is 0 Å². The minimum atomic E-state index is 0.557. The summed E-state index contributed by atoms with van der Waals surface area (Å²) < 4.78 is 5.18. The lowest BCUT2D eigenvalue weighted by Gasteiger charge is -2.11. The Labute approximate surface area is 97.1 Å². The van der Waals surface area contributed by atoms with Gasteiger partial charge in [0.05, 0.1) is 6.61 Å². The molecule has 0 aliphatic rings. The van der Waals surface area contributed by atoms with Gasteiger partial charge in [0.25, 0.3) is 0 Å². The van der Waals surface area contributed by atoms with Crippen LogP contribution < -0.4 is 0 Å². The summed E-state index contributed by atoms with van der Waals surface area (Å²) in [5.74, 6) is 0.557. The first kappa shape index (κ1) is 11.2. The number of benzene rings is 2. The Bertz CT molecular complexity index is 486. The summed E-state index contributed by atoms with van der Waals surface area (Å²) in [5.41, 5.74) is 2.65. The van der Waals surface area contributed by atoms with E-state index in [4.69, 9.17) is 4.74 Å². The van der Waals surface area contributed by atoms with Crippen molar-refractivity contribution in [2.75, 3.05) is 7.11 Å². The molecule has 0 saturated carbocycles. The molecule has 2 rings (SSSR count). The fraction of sp³-hybridized carbons (Fsp3) is 0.333. The third kappa shape index (κ3) is 2.10. The van der Waals surface area contributed by atoms with Crippen molar-refractivity contribution in [3.63, 3.8) is 0 Å². The molecule has 0 aromatic heterocycles. The molecule has 84 valence electrons. The van der Waals surface area contributed by atoms with Gasteiger partial charge in [0.15, 0.2) is 0 Å². The predicted molar refractivity (Wildman–Crippen MR) is 68.8 cm³/mol. The zero-order chi connectivity index (χ0) is 11.5. The molecule has 0 unspecified atom stereocenters. The molecule has 2 aromatic rings. The predicted octanol–water partition coefficient (Wildman–Crippen LogP) is 4.11. The van der Waals surface area contributed by atoms with E-state index in [0.29, 0.717) is 12.5 Å². The molecule has 2 aromatic carbocycles. The van der Waals surface area contributed by atoms with E-state index in [-0.39, 0.29) is 0 Å². The van der Waals surface area contributed by atoms with E-state index in [9.17, 15) is 0 Å². The number of hydrogen-bond donors (Lipinski definition) is 0. The van der Waals surface area contributed by atoms with Crippen molar-refractivity contribution in [1.82, 2.24) is 0 Å². The van der Waals surface area contributed by atoms with Crippen molar-refractivity contribution in [2.24, 2.45) is 0 Å². The Hall–Kier alpha value is -1.34. The van der Waals surface area contributed by atoms with Gasteiger partial charge in [0.2, 0.25) is 0 Å². The molecule has 1 heteroatoms. The summed E-state index contributed by atoms with van der Waals surface area (Å²) in [6.45, 7) is 5.15. The number of ether oxygens (including phenoxy) is 1. The molecular weight excluding hydrogens is 196 g/mol. The molecular formula is C15H18O. The summed E-state index contributed by atoms with van der Waals surface area (Å²) in [6, 6.07) is 13.1. The van der Waals surface area contributed by atoms with Crippen LogP contribution in [0.1, 0.15) is 30.9 Å². The molecule has 0 fully saturated rings. The molecule has 0 amide bonds. The van der Waals surface area contributed by atoms with E-state index in [1.165, 1.54) is 21.9 Å². The molecule has 0 atom stereocenters. The summed E-state index contributed by atoms with van der Waals surface area (Å²) in [6.07, 6.45) is 0. The van der Waals surface area contributed by atoms with Crippen LogP contribution in [-0.4, -0.2) is 7.11 Å². The largest absolute Gasteiger partial charge is 0.380 e. The zero-order valence-corrected chi connectivity index (χ0v) is 10.2. The Morgan fingerprint density at radius 1 is 1.12 bits per heavy atom. The second-order valence-corrected chi connectivity index (χ2v) is 4.49. The van der Waals surface area contributed by atoms with Crippen molar-refractivity contribution < 1.29 is 4.74 Å². The Morgan fingerprint density at radius 3 is 2.62 bits per heavy atom. The van der Waals surface area contributed by atoms with Gasteiger partial charge in [-0.05, 0) is 33.9 Å². The van der Waals surface area contributed by atoms with Gasteiger partial charge in [-0.15, -0.1) is 0 Å². The van der Waals surface area contributed by atoms with Gasteiger partial charge in [-0.3, -0.25) is 0 Å². The normalized spacial score (nSPS) is 11.2. The second-order valence-electron chi connectivity index (χ2n) is 4.49. The van der Waals surface area contributed by atoms with Gasteiger partial charge in [-0.1, -0.05) is 44.2 Å². The van der Waals surface area contributed by atoms with Crippen LogP contribution in [0.15, 0.2) is 36.4 Å². The van der Waals surface area contributed by atoms with E-state index in [1.807, 2.05) is 0 Å². The van der Waals surface area contributed by atoms with Crippen molar-refractivity contribution in [3.05, 3.63) is 47.5 Å². The lowest BCUT2D eigenvalue weighted by Crippen LogP contribution is -1.92. The van der Waals surface area contributed by atoms with Crippen LogP contribution in [0.5, 0.6) is 0 Å². The van der Waals surface area contributed by atoms with Crippen molar-refractivity contribution >= 4 is 10.8 Å². The monoisotopic (exact) mass is 214 g/mol. The molecule has 0 aliphatic carbocycles. The first-order valence-corrected chi connectivity index (χ1v) is 5.73.